The Labute approximate surface area is 118 Å². The van der Waals surface area contributed by atoms with Crippen molar-refractivity contribution in [3.05, 3.63) is 0 Å². The highest BCUT2D eigenvalue weighted by atomic mass is 32.3. The fourth-order valence-electron chi connectivity index (χ4n) is 2.03. The number of unbranched alkanes of at least 4 members (excludes halogenated alkanes) is 4. The molecule has 0 aliphatic carbocycles. The first-order chi connectivity index (χ1) is 8.27. The molecule has 5 nitrogen and oxygen atoms in total. The summed E-state index contributed by atoms with van der Waals surface area (Å²) in [6, 6.07) is 0. The predicted molar refractivity (Wildman–Crippen MR) is 78.9 cm³/mol. The first kappa shape index (κ1) is 21.1. The normalized spacial score (nSPS) is 12.2. The van der Waals surface area contributed by atoms with Crippen LogP contribution in [0, 0.1) is 5.41 Å². The minimum absolute atomic E-state index is 0. The first-order valence-corrected chi connectivity index (χ1v) is 8.25. The summed E-state index contributed by atoms with van der Waals surface area (Å²) in [6.07, 6.45) is 8.99. The maximum absolute atomic E-state index is 10.3. The fraction of sp³-hybridized carbons (Fsp3) is 1.00. The van der Waals surface area contributed by atoms with Crippen LogP contribution in [0.1, 0.15) is 72.1 Å². The quantitative estimate of drug-likeness (QED) is 0.441. The van der Waals surface area contributed by atoms with Crippen molar-refractivity contribution in [1.82, 2.24) is 6.15 Å². The van der Waals surface area contributed by atoms with E-state index in [0.717, 1.165) is 12.8 Å². The van der Waals surface area contributed by atoms with Crippen LogP contribution >= 0.6 is 0 Å². The molecule has 0 heterocycles. The molecule has 0 aromatic carbocycles. The van der Waals surface area contributed by atoms with E-state index >= 15 is 0 Å². The number of rotatable bonds is 11. The Kier molecular flexibility index (Phi) is 11.8. The van der Waals surface area contributed by atoms with E-state index < -0.39 is 10.4 Å². The van der Waals surface area contributed by atoms with Gasteiger partial charge in [0, 0.05) is 0 Å². The SMILES string of the molecule is CCCCCCC(C)(C)CCCCOS(=O)(=O)O.N. The first-order valence-electron chi connectivity index (χ1n) is 6.89. The lowest BCUT2D eigenvalue weighted by Gasteiger charge is -2.24. The van der Waals surface area contributed by atoms with Gasteiger partial charge in [-0.15, -0.1) is 0 Å². The Morgan fingerprint density at radius 2 is 1.53 bits per heavy atom. The monoisotopic (exact) mass is 297 g/mol. The van der Waals surface area contributed by atoms with Gasteiger partial charge in [0.05, 0.1) is 6.61 Å². The van der Waals surface area contributed by atoms with Gasteiger partial charge in [-0.3, -0.25) is 4.55 Å². The summed E-state index contributed by atoms with van der Waals surface area (Å²) >= 11 is 0. The standard InChI is InChI=1S/C13H28O4S.H3N/c1-4-5-6-7-10-13(2,3)11-8-9-12-17-18(14,15)16;/h4-12H2,1-3H3,(H,14,15,16);1H3. The van der Waals surface area contributed by atoms with Crippen molar-refractivity contribution in [2.75, 3.05) is 6.61 Å². The molecule has 0 atom stereocenters. The zero-order chi connectivity index (χ0) is 14.1. The highest BCUT2D eigenvalue weighted by Crippen LogP contribution is 2.29. The lowest BCUT2D eigenvalue weighted by atomic mass is 9.82. The third-order valence-corrected chi connectivity index (χ3v) is 3.65. The summed E-state index contributed by atoms with van der Waals surface area (Å²) in [4.78, 5) is 0. The number of hydrogen-bond donors (Lipinski definition) is 2. The van der Waals surface area contributed by atoms with Crippen LogP contribution in [0.4, 0.5) is 0 Å². The molecule has 0 aliphatic heterocycles. The Balaban J connectivity index is 0. The van der Waals surface area contributed by atoms with E-state index in [4.69, 9.17) is 4.55 Å². The summed E-state index contributed by atoms with van der Waals surface area (Å²) in [5.74, 6) is 0. The maximum Gasteiger partial charge on any atom is 0.397 e. The molecule has 0 radical (unpaired) electrons. The van der Waals surface area contributed by atoms with Gasteiger partial charge in [0.25, 0.3) is 0 Å². The van der Waals surface area contributed by atoms with Crippen LogP contribution in [0.25, 0.3) is 0 Å². The van der Waals surface area contributed by atoms with Gasteiger partial charge >= 0.3 is 10.4 Å². The second-order valence-electron chi connectivity index (χ2n) is 5.68. The largest absolute Gasteiger partial charge is 0.397 e. The molecule has 0 aliphatic rings. The highest BCUT2D eigenvalue weighted by Gasteiger charge is 2.16. The summed E-state index contributed by atoms with van der Waals surface area (Å²) < 4.78 is 33.3. The molecule has 0 aromatic heterocycles. The van der Waals surface area contributed by atoms with E-state index in [2.05, 4.69) is 25.0 Å². The molecule has 0 rings (SSSR count). The van der Waals surface area contributed by atoms with Crippen LogP contribution in [0.2, 0.25) is 0 Å². The molecular weight excluding hydrogens is 266 g/mol. The second-order valence-corrected chi connectivity index (χ2v) is 6.77. The van der Waals surface area contributed by atoms with Crippen molar-refractivity contribution in [3.8, 4) is 0 Å². The van der Waals surface area contributed by atoms with Crippen LogP contribution < -0.4 is 6.15 Å². The van der Waals surface area contributed by atoms with Crippen molar-refractivity contribution >= 4 is 10.4 Å². The molecule has 0 saturated heterocycles. The molecule has 0 unspecified atom stereocenters. The van der Waals surface area contributed by atoms with Crippen molar-refractivity contribution in [2.24, 2.45) is 5.41 Å². The molecule has 0 fully saturated rings. The van der Waals surface area contributed by atoms with Crippen LogP contribution in [-0.4, -0.2) is 19.6 Å². The third-order valence-electron chi connectivity index (χ3n) is 3.19. The molecule has 4 N–H and O–H groups in total. The van der Waals surface area contributed by atoms with Gasteiger partial charge in [0.15, 0.2) is 0 Å². The van der Waals surface area contributed by atoms with E-state index in [1.807, 2.05) is 0 Å². The zero-order valence-electron chi connectivity index (χ0n) is 12.7. The van der Waals surface area contributed by atoms with E-state index in [1.54, 1.807) is 0 Å². The summed E-state index contributed by atoms with van der Waals surface area (Å²) in [5.41, 5.74) is 0.311. The highest BCUT2D eigenvalue weighted by molar-refractivity contribution is 7.80. The van der Waals surface area contributed by atoms with Crippen LogP contribution in [0.5, 0.6) is 0 Å². The van der Waals surface area contributed by atoms with E-state index in [9.17, 15) is 8.42 Å². The average molecular weight is 297 g/mol. The van der Waals surface area contributed by atoms with Crippen molar-refractivity contribution in [1.29, 1.82) is 0 Å². The minimum Gasteiger partial charge on any atom is -0.344 e. The van der Waals surface area contributed by atoms with Gasteiger partial charge in [-0.2, -0.15) is 8.42 Å². The van der Waals surface area contributed by atoms with E-state index in [0.29, 0.717) is 11.8 Å². The van der Waals surface area contributed by atoms with E-state index in [1.165, 1.54) is 32.1 Å². The Bertz CT molecular complexity index is 302. The minimum atomic E-state index is -4.26. The van der Waals surface area contributed by atoms with Crippen molar-refractivity contribution in [2.45, 2.75) is 72.1 Å². The van der Waals surface area contributed by atoms with E-state index in [-0.39, 0.29) is 12.8 Å². The Morgan fingerprint density at radius 3 is 2.00 bits per heavy atom. The van der Waals surface area contributed by atoms with Gasteiger partial charge in [-0.05, 0) is 24.7 Å². The van der Waals surface area contributed by atoms with Crippen molar-refractivity contribution in [3.63, 3.8) is 0 Å². The molecule has 0 bridgehead atoms. The van der Waals surface area contributed by atoms with Gasteiger partial charge in [-0.25, -0.2) is 4.18 Å². The Hall–Kier alpha value is -0.170. The molecule has 19 heavy (non-hydrogen) atoms. The third kappa shape index (κ3) is 15.8. The topological polar surface area (TPSA) is 98.6 Å². The van der Waals surface area contributed by atoms with Gasteiger partial charge in [-0.1, -0.05) is 52.9 Å². The predicted octanol–water partition coefficient (Wildman–Crippen LogP) is 4.13. The molecule has 6 heteroatoms. The van der Waals surface area contributed by atoms with Gasteiger partial charge in [0.1, 0.15) is 0 Å². The van der Waals surface area contributed by atoms with Gasteiger partial charge in [0.2, 0.25) is 0 Å². The fourth-order valence-corrected chi connectivity index (χ4v) is 2.35. The molecule has 0 spiro atoms. The lowest BCUT2D eigenvalue weighted by Crippen LogP contribution is -2.12. The summed E-state index contributed by atoms with van der Waals surface area (Å²) in [6.45, 7) is 6.79. The van der Waals surface area contributed by atoms with Gasteiger partial charge < -0.3 is 6.15 Å². The summed E-state index contributed by atoms with van der Waals surface area (Å²) in [5, 5.41) is 0. The smallest absolute Gasteiger partial charge is 0.344 e. The summed E-state index contributed by atoms with van der Waals surface area (Å²) in [7, 11) is -4.26. The Morgan fingerprint density at radius 1 is 1.00 bits per heavy atom. The molecular formula is C13H31NO4S. The van der Waals surface area contributed by atoms with Crippen LogP contribution in [-0.2, 0) is 14.6 Å². The zero-order valence-corrected chi connectivity index (χ0v) is 13.5. The van der Waals surface area contributed by atoms with Crippen LogP contribution in [0.3, 0.4) is 0 Å². The molecule has 0 saturated carbocycles. The number of hydrogen-bond acceptors (Lipinski definition) is 4. The molecule has 0 amide bonds. The van der Waals surface area contributed by atoms with Crippen molar-refractivity contribution < 1.29 is 17.2 Å². The molecule has 0 aromatic rings. The van der Waals surface area contributed by atoms with Crippen LogP contribution in [0.15, 0.2) is 0 Å². The molecule has 118 valence electrons. The lowest BCUT2D eigenvalue weighted by molar-refractivity contribution is 0.241. The maximum atomic E-state index is 10.3. The average Bonchev–Trinajstić information content (AvgIpc) is 2.22. The second kappa shape index (κ2) is 10.6.